The van der Waals surface area contributed by atoms with Crippen LogP contribution in [0.25, 0.3) is 0 Å². The molecule has 1 aliphatic heterocycles. The second-order valence-corrected chi connectivity index (χ2v) is 8.63. The molecule has 6 heteroatoms. The molecule has 152 valence electrons. The van der Waals surface area contributed by atoms with Gasteiger partial charge in [-0.25, -0.2) is 0 Å². The van der Waals surface area contributed by atoms with E-state index in [0.29, 0.717) is 18.2 Å². The highest BCUT2D eigenvalue weighted by Gasteiger charge is 2.21. The Morgan fingerprint density at radius 2 is 1.71 bits per heavy atom. The average molecular weight is 385 g/mol. The van der Waals surface area contributed by atoms with Crippen molar-refractivity contribution in [3.8, 4) is 0 Å². The van der Waals surface area contributed by atoms with Crippen molar-refractivity contribution in [1.82, 2.24) is 20.0 Å². The molecule has 1 amide bonds. The molecule has 0 saturated carbocycles. The normalized spacial score (nSPS) is 15.8. The first-order chi connectivity index (χ1) is 13.3. The molecular formula is C22H32N4O2. The zero-order chi connectivity index (χ0) is 20.1. The van der Waals surface area contributed by atoms with E-state index in [1.54, 1.807) is 6.92 Å². The van der Waals surface area contributed by atoms with Gasteiger partial charge in [0.15, 0.2) is 0 Å². The third-order valence-electron chi connectivity index (χ3n) is 5.38. The lowest BCUT2D eigenvalue weighted by molar-refractivity contribution is -0.132. The van der Waals surface area contributed by atoms with Crippen LogP contribution in [0.5, 0.6) is 0 Å². The van der Waals surface area contributed by atoms with Gasteiger partial charge in [0.05, 0.1) is 0 Å². The van der Waals surface area contributed by atoms with Crippen molar-refractivity contribution in [3.05, 3.63) is 47.2 Å². The largest absolute Gasteiger partial charge is 0.426 e. The number of aryl methyl sites for hydroxylation is 2. The van der Waals surface area contributed by atoms with Crippen LogP contribution in [0, 0.1) is 6.92 Å². The second-order valence-electron chi connectivity index (χ2n) is 8.63. The molecule has 2 heterocycles. The molecule has 1 aromatic carbocycles. The SMILES string of the molecule is Cc1nnc(CCN2CCN(C(=O)CCc3ccc(C(C)(C)C)cc3)CC2)o1. The van der Waals surface area contributed by atoms with Crippen LogP contribution in [0.4, 0.5) is 0 Å². The number of benzene rings is 1. The molecule has 0 aliphatic carbocycles. The number of rotatable bonds is 6. The monoisotopic (exact) mass is 384 g/mol. The van der Waals surface area contributed by atoms with E-state index in [9.17, 15) is 4.79 Å². The number of carbonyl (C=O) groups excluding carboxylic acids is 1. The molecule has 1 fully saturated rings. The molecular weight excluding hydrogens is 352 g/mol. The molecule has 0 atom stereocenters. The summed E-state index contributed by atoms with van der Waals surface area (Å²) in [6.07, 6.45) is 2.15. The van der Waals surface area contributed by atoms with Crippen molar-refractivity contribution in [1.29, 1.82) is 0 Å². The fourth-order valence-electron chi connectivity index (χ4n) is 3.49. The average Bonchev–Trinajstić information content (AvgIpc) is 3.10. The van der Waals surface area contributed by atoms with Gasteiger partial charge in [0, 0.05) is 52.5 Å². The van der Waals surface area contributed by atoms with E-state index in [0.717, 1.165) is 45.6 Å². The summed E-state index contributed by atoms with van der Waals surface area (Å²) in [6.45, 7) is 12.7. The standard InChI is InChI=1S/C22H32N4O2/c1-17-23-24-20(28-17)11-12-25-13-15-26(16-14-25)21(27)10-7-18-5-8-19(9-6-18)22(2,3)4/h5-6,8-9H,7,10-16H2,1-4H3. The maximum Gasteiger partial charge on any atom is 0.222 e. The topological polar surface area (TPSA) is 62.5 Å². The van der Waals surface area contributed by atoms with Crippen LogP contribution in [-0.4, -0.2) is 58.6 Å². The highest BCUT2D eigenvalue weighted by atomic mass is 16.4. The minimum Gasteiger partial charge on any atom is -0.426 e. The Morgan fingerprint density at radius 3 is 2.29 bits per heavy atom. The van der Waals surface area contributed by atoms with Gasteiger partial charge in [0.25, 0.3) is 0 Å². The molecule has 3 rings (SSSR count). The lowest BCUT2D eigenvalue weighted by Gasteiger charge is -2.34. The minimum atomic E-state index is 0.163. The smallest absolute Gasteiger partial charge is 0.222 e. The van der Waals surface area contributed by atoms with E-state index in [1.165, 1.54) is 11.1 Å². The predicted octanol–water partition coefficient (Wildman–Crippen LogP) is 3.00. The zero-order valence-corrected chi connectivity index (χ0v) is 17.6. The van der Waals surface area contributed by atoms with Crippen LogP contribution < -0.4 is 0 Å². The van der Waals surface area contributed by atoms with Gasteiger partial charge in [-0.05, 0) is 23.0 Å². The Hall–Kier alpha value is -2.21. The third kappa shape index (κ3) is 5.64. The van der Waals surface area contributed by atoms with Crippen LogP contribution in [0.1, 0.15) is 50.1 Å². The van der Waals surface area contributed by atoms with Gasteiger partial charge in [0.1, 0.15) is 0 Å². The van der Waals surface area contributed by atoms with Gasteiger partial charge >= 0.3 is 0 Å². The van der Waals surface area contributed by atoms with Crippen molar-refractivity contribution in [2.24, 2.45) is 0 Å². The fraction of sp³-hybridized carbons (Fsp3) is 0.591. The van der Waals surface area contributed by atoms with Gasteiger partial charge in [-0.15, -0.1) is 10.2 Å². The summed E-state index contributed by atoms with van der Waals surface area (Å²) in [4.78, 5) is 16.9. The maximum atomic E-state index is 12.6. The molecule has 0 radical (unpaired) electrons. The second kappa shape index (κ2) is 8.86. The molecule has 2 aromatic rings. The first-order valence-electron chi connectivity index (χ1n) is 10.2. The van der Waals surface area contributed by atoms with E-state index >= 15 is 0 Å². The van der Waals surface area contributed by atoms with Crippen molar-refractivity contribution < 1.29 is 9.21 Å². The van der Waals surface area contributed by atoms with Crippen LogP contribution in [0.3, 0.4) is 0 Å². The summed E-state index contributed by atoms with van der Waals surface area (Å²) in [7, 11) is 0. The van der Waals surface area contributed by atoms with Crippen molar-refractivity contribution >= 4 is 5.91 Å². The fourth-order valence-corrected chi connectivity index (χ4v) is 3.49. The predicted molar refractivity (Wildman–Crippen MR) is 109 cm³/mol. The summed E-state index contributed by atoms with van der Waals surface area (Å²) in [5.74, 6) is 1.55. The number of piperazine rings is 1. The van der Waals surface area contributed by atoms with Gasteiger partial charge in [-0.1, -0.05) is 45.0 Å². The van der Waals surface area contributed by atoms with Gasteiger partial charge < -0.3 is 9.32 Å². The van der Waals surface area contributed by atoms with Crippen molar-refractivity contribution in [2.45, 2.75) is 52.4 Å². The Labute approximate surface area is 167 Å². The van der Waals surface area contributed by atoms with Crippen LogP contribution in [0.15, 0.2) is 28.7 Å². The number of hydrogen-bond donors (Lipinski definition) is 0. The highest BCUT2D eigenvalue weighted by Crippen LogP contribution is 2.22. The van der Waals surface area contributed by atoms with Gasteiger partial charge in [-0.3, -0.25) is 9.69 Å². The molecule has 0 N–H and O–H groups in total. The summed E-state index contributed by atoms with van der Waals surface area (Å²) < 4.78 is 5.42. The quantitative estimate of drug-likeness (QED) is 0.766. The number of amides is 1. The number of aromatic nitrogens is 2. The molecule has 1 saturated heterocycles. The van der Waals surface area contributed by atoms with E-state index < -0.39 is 0 Å². The Bertz CT molecular complexity index is 769. The number of carbonyl (C=O) groups is 1. The van der Waals surface area contributed by atoms with Crippen LogP contribution in [-0.2, 0) is 23.1 Å². The summed E-state index contributed by atoms with van der Waals surface area (Å²) in [5, 5.41) is 7.90. The lowest BCUT2D eigenvalue weighted by Crippen LogP contribution is -2.49. The number of hydrogen-bond acceptors (Lipinski definition) is 5. The van der Waals surface area contributed by atoms with Gasteiger partial charge in [-0.2, -0.15) is 0 Å². The Kier molecular flexibility index (Phi) is 6.50. The van der Waals surface area contributed by atoms with Crippen LogP contribution in [0.2, 0.25) is 0 Å². The van der Waals surface area contributed by atoms with E-state index in [-0.39, 0.29) is 11.3 Å². The molecule has 6 nitrogen and oxygen atoms in total. The highest BCUT2D eigenvalue weighted by molar-refractivity contribution is 5.76. The lowest BCUT2D eigenvalue weighted by atomic mass is 9.86. The summed E-state index contributed by atoms with van der Waals surface area (Å²) >= 11 is 0. The van der Waals surface area contributed by atoms with Gasteiger partial charge in [0.2, 0.25) is 17.7 Å². The molecule has 28 heavy (non-hydrogen) atoms. The molecule has 0 spiro atoms. The molecule has 0 unspecified atom stereocenters. The van der Waals surface area contributed by atoms with E-state index in [2.05, 4.69) is 60.1 Å². The first-order valence-corrected chi connectivity index (χ1v) is 10.2. The molecule has 1 aromatic heterocycles. The van der Waals surface area contributed by atoms with Crippen molar-refractivity contribution in [3.63, 3.8) is 0 Å². The summed E-state index contributed by atoms with van der Waals surface area (Å²) in [6, 6.07) is 8.68. The Morgan fingerprint density at radius 1 is 1.04 bits per heavy atom. The minimum absolute atomic E-state index is 0.163. The first kappa shape index (κ1) is 20.5. The molecule has 1 aliphatic rings. The third-order valence-corrected chi connectivity index (χ3v) is 5.38. The maximum absolute atomic E-state index is 12.6. The van der Waals surface area contributed by atoms with Crippen LogP contribution >= 0.6 is 0 Å². The Balaban J connectivity index is 1.39. The molecule has 0 bridgehead atoms. The zero-order valence-electron chi connectivity index (χ0n) is 17.6. The van der Waals surface area contributed by atoms with E-state index in [4.69, 9.17) is 4.42 Å². The van der Waals surface area contributed by atoms with E-state index in [1.807, 2.05) is 4.90 Å². The summed E-state index contributed by atoms with van der Waals surface area (Å²) in [5.41, 5.74) is 2.72. The van der Waals surface area contributed by atoms with Crippen molar-refractivity contribution in [2.75, 3.05) is 32.7 Å². The number of nitrogens with zero attached hydrogens (tertiary/aromatic N) is 4.